The highest BCUT2D eigenvalue weighted by molar-refractivity contribution is 8.14. The van der Waals surface area contributed by atoms with E-state index in [9.17, 15) is 21.6 Å². The van der Waals surface area contributed by atoms with Crippen LogP contribution in [0.1, 0.15) is 10.8 Å². The zero-order chi connectivity index (χ0) is 13.4. The first-order valence-corrected chi connectivity index (χ1v) is 7.12. The molecule has 0 aliphatic rings. The molecule has 0 saturated heterocycles. The number of benzene rings is 1. The van der Waals surface area contributed by atoms with Crippen molar-refractivity contribution in [2.24, 2.45) is 0 Å². The Morgan fingerprint density at radius 2 is 1.53 bits per heavy atom. The van der Waals surface area contributed by atoms with Crippen LogP contribution in [0.4, 0.5) is 13.2 Å². The SMILES string of the molecule is O=S(=O)(Cl)C(c1c(Cl)cccc1Cl)C(F)(F)F. The quantitative estimate of drug-likeness (QED) is 0.764. The molecular formula is C8H4Cl3F3O2S. The molecule has 0 aliphatic heterocycles. The summed E-state index contributed by atoms with van der Waals surface area (Å²) < 4.78 is 60.1. The van der Waals surface area contributed by atoms with E-state index in [2.05, 4.69) is 0 Å². The average molecular weight is 328 g/mol. The Balaban J connectivity index is 3.55. The van der Waals surface area contributed by atoms with Crippen LogP contribution in [0.2, 0.25) is 10.0 Å². The monoisotopic (exact) mass is 326 g/mol. The number of alkyl halides is 3. The van der Waals surface area contributed by atoms with Gasteiger partial charge in [-0.15, -0.1) is 0 Å². The molecule has 1 unspecified atom stereocenters. The van der Waals surface area contributed by atoms with Crippen molar-refractivity contribution in [3.8, 4) is 0 Å². The van der Waals surface area contributed by atoms with Gasteiger partial charge in [-0.2, -0.15) is 13.2 Å². The Morgan fingerprint density at radius 3 is 1.82 bits per heavy atom. The summed E-state index contributed by atoms with van der Waals surface area (Å²) >= 11 is 11.1. The van der Waals surface area contributed by atoms with Crippen LogP contribution in [-0.2, 0) is 9.05 Å². The Bertz CT molecular complexity index is 507. The number of rotatable bonds is 2. The maximum Gasteiger partial charge on any atom is 0.410 e. The van der Waals surface area contributed by atoms with Gasteiger partial charge < -0.3 is 0 Å². The molecule has 0 heterocycles. The van der Waals surface area contributed by atoms with Gasteiger partial charge in [0.1, 0.15) is 0 Å². The minimum Gasteiger partial charge on any atom is -0.211 e. The minimum absolute atomic E-state index is 0.413. The predicted octanol–water partition coefficient (Wildman–Crippen LogP) is 4.17. The highest BCUT2D eigenvalue weighted by Crippen LogP contribution is 2.45. The largest absolute Gasteiger partial charge is 0.410 e. The van der Waals surface area contributed by atoms with Crippen LogP contribution in [-0.4, -0.2) is 14.6 Å². The summed E-state index contributed by atoms with van der Waals surface area (Å²) in [4.78, 5) is 0. The Hall–Kier alpha value is -0.170. The number of hydrogen-bond acceptors (Lipinski definition) is 2. The lowest BCUT2D eigenvalue weighted by atomic mass is 10.1. The van der Waals surface area contributed by atoms with Gasteiger partial charge >= 0.3 is 6.18 Å². The lowest BCUT2D eigenvalue weighted by Crippen LogP contribution is -2.26. The van der Waals surface area contributed by atoms with Gasteiger partial charge in [-0.3, -0.25) is 0 Å². The van der Waals surface area contributed by atoms with Crippen molar-refractivity contribution in [2.75, 3.05) is 0 Å². The van der Waals surface area contributed by atoms with Gasteiger partial charge in [0.25, 0.3) is 0 Å². The van der Waals surface area contributed by atoms with Crippen LogP contribution in [0.3, 0.4) is 0 Å². The zero-order valence-corrected chi connectivity index (χ0v) is 10.9. The Morgan fingerprint density at radius 1 is 1.12 bits per heavy atom. The van der Waals surface area contributed by atoms with E-state index in [0.29, 0.717) is 0 Å². The lowest BCUT2D eigenvalue weighted by molar-refractivity contribution is -0.131. The van der Waals surface area contributed by atoms with Crippen molar-refractivity contribution in [3.63, 3.8) is 0 Å². The van der Waals surface area contributed by atoms with Crippen LogP contribution < -0.4 is 0 Å². The van der Waals surface area contributed by atoms with Gasteiger partial charge in [-0.1, -0.05) is 29.3 Å². The van der Waals surface area contributed by atoms with E-state index in [1.54, 1.807) is 0 Å². The minimum atomic E-state index is -5.10. The molecule has 9 heteroatoms. The van der Waals surface area contributed by atoms with E-state index in [0.717, 1.165) is 12.1 Å². The van der Waals surface area contributed by atoms with Crippen LogP contribution in [0.5, 0.6) is 0 Å². The van der Waals surface area contributed by atoms with Crippen LogP contribution >= 0.6 is 33.9 Å². The maximum atomic E-state index is 12.7. The molecule has 0 aliphatic carbocycles. The van der Waals surface area contributed by atoms with Gasteiger partial charge in [0.15, 0.2) is 5.25 Å². The molecule has 1 atom stereocenters. The third-order valence-electron chi connectivity index (χ3n) is 1.84. The fourth-order valence-electron chi connectivity index (χ4n) is 1.23. The molecule has 0 saturated carbocycles. The van der Waals surface area contributed by atoms with E-state index in [1.165, 1.54) is 6.07 Å². The second-order valence-corrected chi connectivity index (χ2v) is 6.56. The van der Waals surface area contributed by atoms with Crippen molar-refractivity contribution < 1.29 is 21.6 Å². The smallest absolute Gasteiger partial charge is 0.211 e. The second kappa shape index (κ2) is 4.84. The standard InChI is InChI=1S/C8H4Cl3F3O2S/c9-4-2-1-3-5(10)6(4)7(8(12,13)14)17(11,15)16/h1-3,7H. The van der Waals surface area contributed by atoms with E-state index in [4.69, 9.17) is 33.9 Å². The third kappa shape index (κ3) is 3.40. The summed E-state index contributed by atoms with van der Waals surface area (Å²) in [7, 11) is -0.145. The normalized spacial score (nSPS) is 14.7. The molecule has 0 fully saturated rings. The molecule has 0 spiro atoms. The summed E-state index contributed by atoms with van der Waals surface area (Å²) in [5.41, 5.74) is -0.765. The molecule has 17 heavy (non-hydrogen) atoms. The lowest BCUT2D eigenvalue weighted by Gasteiger charge is -2.19. The van der Waals surface area contributed by atoms with Crippen molar-refractivity contribution in [2.45, 2.75) is 11.4 Å². The van der Waals surface area contributed by atoms with Crippen molar-refractivity contribution in [1.82, 2.24) is 0 Å². The van der Waals surface area contributed by atoms with Gasteiger partial charge in [0, 0.05) is 26.3 Å². The number of hydrogen-bond donors (Lipinski definition) is 0. The van der Waals surface area contributed by atoms with Crippen molar-refractivity contribution >= 4 is 42.9 Å². The Labute approximate surface area is 110 Å². The number of halogens is 6. The molecule has 0 amide bonds. The van der Waals surface area contributed by atoms with E-state index >= 15 is 0 Å². The molecule has 1 aromatic carbocycles. The molecule has 0 N–H and O–H groups in total. The fraction of sp³-hybridized carbons (Fsp3) is 0.250. The molecule has 96 valence electrons. The molecule has 1 rings (SSSR count). The van der Waals surface area contributed by atoms with Crippen molar-refractivity contribution in [1.29, 1.82) is 0 Å². The van der Waals surface area contributed by atoms with Crippen molar-refractivity contribution in [3.05, 3.63) is 33.8 Å². The maximum absolute atomic E-state index is 12.7. The van der Waals surface area contributed by atoms with Crippen LogP contribution in [0.15, 0.2) is 18.2 Å². The van der Waals surface area contributed by atoms with Crippen LogP contribution in [0.25, 0.3) is 0 Å². The van der Waals surface area contributed by atoms with E-state index in [-0.39, 0.29) is 0 Å². The van der Waals surface area contributed by atoms with Gasteiger partial charge in [-0.05, 0) is 12.1 Å². The predicted molar refractivity (Wildman–Crippen MR) is 60.0 cm³/mol. The van der Waals surface area contributed by atoms with Gasteiger partial charge in [-0.25, -0.2) is 8.42 Å². The molecular weight excluding hydrogens is 324 g/mol. The van der Waals surface area contributed by atoms with Crippen LogP contribution in [0, 0.1) is 0 Å². The first-order chi connectivity index (χ1) is 7.55. The molecule has 0 radical (unpaired) electrons. The summed E-state index contributed by atoms with van der Waals surface area (Å²) in [5.74, 6) is 0. The first-order valence-electron chi connectivity index (χ1n) is 3.99. The first kappa shape index (κ1) is 14.9. The van der Waals surface area contributed by atoms with E-state index < -0.39 is 36.1 Å². The molecule has 0 aromatic heterocycles. The molecule has 2 nitrogen and oxygen atoms in total. The summed E-state index contributed by atoms with van der Waals surface area (Å²) in [6.45, 7) is 0. The highest BCUT2D eigenvalue weighted by atomic mass is 35.7. The second-order valence-electron chi connectivity index (χ2n) is 3.03. The molecule has 0 bridgehead atoms. The average Bonchev–Trinajstić information content (AvgIpc) is 2.06. The molecule has 1 aromatic rings. The topological polar surface area (TPSA) is 34.1 Å². The Kier molecular flexibility index (Phi) is 4.24. The highest BCUT2D eigenvalue weighted by Gasteiger charge is 2.51. The van der Waals surface area contributed by atoms with E-state index in [1.807, 2.05) is 0 Å². The summed E-state index contributed by atoms with van der Waals surface area (Å²) in [5, 5.41) is -3.77. The summed E-state index contributed by atoms with van der Waals surface area (Å²) in [6.07, 6.45) is -5.10. The zero-order valence-electron chi connectivity index (χ0n) is 7.80. The fourth-order valence-corrected chi connectivity index (χ4v) is 3.40. The van der Waals surface area contributed by atoms with Gasteiger partial charge in [0.05, 0.1) is 0 Å². The third-order valence-corrected chi connectivity index (χ3v) is 4.10. The summed E-state index contributed by atoms with van der Waals surface area (Å²) in [6, 6.07) is 3.50. The van der Waals surface area contributed by atoms with Gasteiger partial charge in [0.2, 0.25) is 9.05 Å².